The van der Waals surface area contributed by atoms with E-state index in [2.05, 4.69) is 35.9 Å². The molecule has 0 spiro atoms. The second-order valence-corrected chi connectivity index (χ2v) is 6.78. The summed E-state index contributed by atoms with van der Waals surface area (Å²) in [7, 11) is 0. The minimum atomic E-state index is 0.260. The molecule has 1 atom stereocenters. The Kier molecular flexibility index (Phi) is 4.64. The van der Waals surface area contributed by atoms with Gasteiger partial charge in [-0.2, -0.15) is 0 Å². The zero-order chi connectivity index (χ0) is 13.2. The molecule has 106 valence electrons. The van der Waals surface area contributed by atoms with Crippen molar-refractivity contribution in [1.29, 1.82) is 0 Å². The number of hydrogen-bond donors (Lipinski definition) is 2. The molecule has 4 heteroatoms. The van der Waals surface area contributed by atoms with Crippen molar-refractivity contribution in [1.82, 2.24) is 15.1 Å². The molecule has 0 bridgehead atoms. The van der Waals surface area contributed by atoms with Crippen molar-refractivity contribution in [3.8, 4) is 0 Å². The average Bonchev–Trinajstić information content (AvgIpc) is 3.11. The summed E-state index contributed by atoms with van der Waals surface area (Å²) in [4.78, 5) is 5.03. The highest BCUT2D eigenvalue weighted by atomic mass is 16.3. The lowest BCUT2D eigenvalue weighted by Crippen LogP contribution is -2.56. The Morgan fingerprint density at radius 2 is 1.78 bits per heavy atom. The van der Waals surface area contributed by atoms with Crippen LogP contribution >= 0.6 is 0 Å². The first-order valence-corrected chi connectivity index (χ1v) is 7.33. The Labute approximate surface area is 111 Å². The van der Waals surface area contributed by atoms with Crippen LogP contribution in [0.4, 0.5) is 0 Å². The van der Waals surface area contributed by atoms with Crippen molar-refractivity contribution in [2.24, 2.45) is 0 Å². The number of aliphatic hydroxyl groups excluding tert-OH is 1. The van der Waals surface area contributed by atoms with Gasteiger partial charge in [0.25, 0.3) is 0 Å². The minimum absolute atomic E-state index is 0.260. The lowest BCUT2D eigenvalue weighted by Gasteiger charge is -2.43. The van der Waals surface area contributed by atoms with Gasteiger partial charge in [-0.05, 0) is 33.6 Å². The summed E-state index contributed by atoms with van der Waals surface area (Å²) in [5, 5.41) is 12.9. The van der Waals surface area contributed by atoms with Gasteiger partial charge in [0.1, 0.15) is 0 Å². The van der Waals surface area contributed by atoms with Gasteiger partial charge in [0, 0.05) is 50.3 Å². The second kappa shape index (κ2) is 5.87. The lowest BCUT2D eigenvalue weighted by atomic mass is 10.0. The zero-order valence-electron chi connectivity index (χ0n) is 12.2. The van der Waals surface area contributed by atoms with Crippen LogP contribution in [0, 0.1) is 0 Å². The summed E-state index contributed by atoms with van der Waals surface area (Å²) < 4.78 is 0. The fourth-order valence-corrected chi connectivity index (χ4v) is 2.66. The third-order valence-corrected chi connectivity index (χ3v) is 4.07. The Hall–Kier alpha value is -0.160. The van der Waals surface area contributed by atoms with Gasteiger partial charge in [0.05, 0.1) is 6.61 Å². The molecule has 1 aliphatic heterocycles. The van der Waals surface area contributed by atoms with Crippen LogP contribution < -0.4 is 5.32 Å². The standard InChI is InChI=1S/C14H29N3O/c1-14(2,3)17-8-6-16(7-9-17)10-13(11-18)15-12-4-5-12/h12-13,15,18H,4-11H2,1-3H3. The van der Waals surface area contributed by atoms with Crippen LogP contribution in [0.5, 0.6) is 0 Å². The van der Waals surface area contributed by atoms with Gasteiger partial charge in [-0.15, -0.1) is 0 Å². The van der Waals surface area contributed by atoms with E-state index in [9.17, 15) is 5.11 Å². The van der Waals surface area contributed by atoms with Crippen LogP contribution in [0.15, 0.2) is 0 Å². The molecule has 4 nitrogen and oxygen atoms in total. The summed E-state index contributed by atoms with van der Waals surface area (Å²) in [6.07, 6.45) is 2.57. The average molecular weight is 255 g/mol. The topological polar surface area (TPSA) is 38.7 Å². The van der Waals surface area contributed by atoms with Crippen LogP contribution in [0.3, 0.4) is 0 Å². The van der Waals surface area contributed by atoms with Crippen molar-refractivity contribution in [3.05, 3.63) is 0 Å². The molecule has 18 heavy (non-hydrogen) atoms. The smallest absolute Gasteiger partial charge is 0.0597 e. The molecule has 0 aromatic carbocycles. The molecule has 2 rings (SSSR count). The minimum Gasteiger partial charge on any atom is -0.395 e. The number of nitrogens with one attached hydrogen (secondary N) is 1. The third-order valence-electron chi connectivity index (χ3n) is 4.07. The Balaban J connectivity index is 1.71. The molecular weight excluding hydrogens is 226 g/mol. The van der Waals surface area contributed by atoms with E-state index >= 15 is 0 Å². The van der Waals surface area contributed by atoms with E-state index in [4.69, 9.17) is 0 Å². The molecule has 0 amide bonds. The van der Waals surface area contributed by atoms with E-state index in [-0.39, 0.29) is 18.2 Å². The molecular formula is C14H29N3O. The fraction of sp³-hybridized carbons (Fsp3) is 1.00. The third kappa shape index (κ3) is 4.19. The molecule has 0 radical (unpaired) electrons. The van der Waals surface area contributed by atoms with Gasteiger partial charge in [-0.1, -0.05) is 0 Å². The summed E-state index contributed by atoms with van der Waals surface area (Å²) in [6.45, 7) is 12.6. The van der Waals surface area contributed by atoms with Gasteiger partial charge in [0.2, 0.25) is 0 Å². The Bertz CT molecular complexity index is 252. The fourth-order valence-electron chi connectivity index (χ4n) is 2.66. The predicted molar refractivity (Wildman–Crippen MR) is 74.8 cm³/mol. The number of rotatable bonds is 5. The summed E-state index contributed by atoms with van der Waals surface area (Å²) in [5.41, 5.74) is 0.286. The van der Waals surface area contributed by atoms with Crippen molar-refractivity contribution >= 4 is 0 Å². The molecule has 2 N–H and O–H groups in total. The molecule has 1 unspecified atom stereocenters. The highest BCUT2D eigenvalue weighted by Crippen LogP contribution is 2.20. The SMILES string of the molecule is CC(C)(C)N1CCN(CC(CO)NC2CC2)CC1. The van der Waals surface area contributed by atoms with E-state index in [0.29, 0.717) is 6.04 Å². The van der Waals surface area contributed by atoms with Gasteiger partial charge < -0.3 is 10.4 Å². The molecule has 1 aliphatic carbocycles. The Morgan fingerprint density at radius 1 is 1.17 bits per heavy atom. The number of nitrogens with zero attached hydrogens (tertiary/aromatic N) is 2. The first kappa shape index (κ1) is 14.3. The number of piperazine rings is 1. The maximum absolute atomic E-state index is 9.42. The van der Waals surface area contributed by atoms with Crippen LogP contribution in [-0.4, -0.2) is 71.9 Å². The molecule has 2 aliphatic rings. The van der Waals surface area contributed by atoms with E-state index in [1.807, 2.05) is 0 Å². The van der Waals surface area contributed by atoms with Crippen LogP contribution in [0.25, 0.3) is 0 Å². The molecule has 0 aromatic rings. The van der Waals surface area contributed by atoms with Crippen molar-refractivity contribution < 1.29 is 5.11 Å². The first-order chi connectivity index (χ1) is 8.49. The number of aliphatic hydroxyl groups is 1. The molecule has 1 saturated heterocycles. The maximum Gasteiger partial charge on any atom is 0.0597 e. The highest BCUT2D eigenvalue weighted by Gasteiger charge is 2.28. The number of hydrogen-bond acceptors (Lipinski definition) is 4. The summed E-state index contributed by atoms with van der Waals surface area (Å²) in [6, 6.07) is 0.941. The van der Waals surface area contributed by atoms with Gasteiger partial charge >= 0.3 is 0 Å². The molecule has 0 aromatic heterocycles. The van der Waals surface area contributed by atoms with Crippen LogP contribution in [0.2, 0.25) is 0 Å². The summed E-state index contributed by atoms with van der Waals surface area (Å²) >= 11 is 0. The van der Waals surface area contributed by atoms with Gasteiger partial charge in [0.15, 0.2) is 0 Å². The molecule has 1 heterocycles. The normalized spacial score (nSPS) is 25.3. The van der Waals surface area contributed by atoms with Gasteiger partial charge in [-0.3, -0.25) is 9.80 Å². The Morgan fingerprint density at radius 3 is 2.22 bits per heavy atom. The van der Waals surface area contributed by atoms with Crippen molar-refractivity contribution in [2.45, 2.75) is 51.2 Å². The van der Waals surface area contributed by atoms with Gasteiger partial charge in [-0.25, -0.2) is 0 Å². The molecule has 1 saturated carbocycles. The second-order valence-electron chi connectivity index (χ2n) is 6.78. The monoisotopic (exact) mass is 255 g/mol. The maximum atomic E-state index is 9.42. The quantitative estimate of drug-likeness (QED) is 0.751. The van der Waals surface area contributed by atoms with E-state index in [1.54, 1.807) is 0 Å². The lowest BCUT2D eigenvalue weighted by molar-refractivity contribution is 0.0537. The van der Waals surface area contributed by atoms with Crippen molar-refractivity contribution in [3.63, 3.8) is 0 Å². The van der Waals surface area contributed by atoms with Crippen LogP contribution in [-0.2, 0) is 0 Å². The zero-order valence-corrected chi connectivity index (χ0v) is 12.2. The van der Waals surface area contributed by atoms with E-state index < -0.39 is 0 Å². The summed E-state index contributed by atoms with van der Waals surface area (Å²) in [5.74, 6) is 0. The first-order valence-electron chi connectivity index (χ1n) is 7.33. The van der Waals surface area contributed by atoms with E-state index in [0.717, 1.165) is 32.7 Å². The van der Waals surface area contributed by atoms with Crippen LogP contribution in [0.1, 0.15) is 33.6 Å². The van der Waals surface area contributed by atoms with E-state index in [1.165, 1.54) is 12.8 Å². The predicted octanol–water partition coefficient (Wildman–Crippen LogP) is 0.515. The van der Waals surface area contributed by atoms with Crippen molar-refractivity contribution in [2.75, 3.05) is 39.3 Å². The highest BCUT2D eigenvalue weighted by molar-refractivity contribution is 4.88. The molecule has 2 fully saturated rings. The largest absolute Gasteiger partial charge is 0.395 e.